The lowest BCUT2D eigenvalue weighted by molar-refractivity contribution is 0.0429. The van der Waals surface area contributed by atoms with E-state index in [0.717, 1.165) is 12.5 Å². The Hall–Kier alpha value is -2.58. The van der Waals surface area contributed by atoms with Crippen LogP contribution in [0.3, 0.4) is 0 Å². The second-order valence-corrected chi connectivity index (χ2v) is 6.68. The molecule has 2 unspecified atom stereocenters. The van der Waals surface area contributed by atoms with Crippen molar-refractivity contribution < 1.29 is 28.5 Å². The maximum absolute atomic E-state index is 11.8. The smallest absolute Gasteiger partial charge is 0.229 e. The van der Waals surface area contributed by atoms with E-state index in [1.54, 1.807) is 0 Å². The van der Waals surface area contributed by atoms with Crippen LogP contribution in [0.15, 0.2) is 43.3 Å². The molecule has 2 atom stereocenters. The average Bonchev–Trinajstić information content (AvgIpc) is 2.67. The van der Waals surface area contributed by atoms with Gasteiger partial charge in [0.25, 0.3) is 0 Å². The zero-order valence-electron chi connectivity index (χ0n) is 16.1. The Kier molecular flexibility index (Phi) is 8.28. The molecule has 2 N–H and O–H groups in total. The topological polar surface area (TPSA) is 119 Å². The second-order valence-electron chi connectivity index (χ2n) is 6.68. The van der Waals surface area contributed by atoms with Crippen molar-refractivity contribution in [3.8, 4) is 11.5 Å². The maximum Gasteiger partial charge on any atom is 0.229 e. The van der Waals surface area contributed by atoms with E-state index < -0.39 is 16.6 Å². The molecule has 8 heteroatoms. The van der Waals surface area contributed by atoms with Crippen LogP contribution in [0.25, 0.3) is 0 Å². The summed E-state index contributed by atoms with van der Waals surface area (Å²) in [6.07, 6.45) is 4.70. The van der Waals surface area contributed by atoms with Gasteiger partial charge in [-0.3, -0.25) is 9.59 Å². The van der Waals surface area contributed by atoms with E-state index in [4.69, 9.17) is 18.3 Å². The Bertz CT molecular complexity index is 854. The molecule has 2 aromatic rings. The summed E-state index contributed by atoms with van der Waals surface area (Å²) in [6.45, 7) is 5.56. The molecule has 0 aromatic carbocycles. The minimum Gasteiger partial charge on any atom is -0.502 e. The molecule has 2 heterocycles. The molecule has 0 saturated heterocycles. The van der Waals surface area contributed by atoms with Gasteiger partial charge in [-0.2, -0.15) is 0 Å². The van der Waals surface area contributed by atoms with Crippen LogP contribution in [-0.2, 0) is 9.47 Å². The number of hydrogen-bond acceptors (Lipinski definition) is 8. The SMILES string of the molecule is CC(CCOCCOCCC(C)c1cocc(O)c1=O)c1cc(=O)c(O)co1. The van der Waals surface area contributed by atoms with Crippen molar-refractivity contribution in [3.05, 3.63) is 56.6 Å². The molecular formula is C20H26O8. The first kappa shape index (κ1) is 21.7. The van der Waals surface area contributed by atoms with Gasteiger partial charge in [-0.25, -0.2) is 0 Å². The van der Waals surface area contributed by atoms with Gasteiger partial charge in [0.15, 0.2) is 11.5 Å². The van der Waals surface area contributed by atoms with Crippen molar-refractivity contribution in [2.45, 2.75) is 38.5 Å². The minimum absolute atomic E-state index is 0.0101. The van der Waals surface area contributed by atoms with E-state index in [-0.39, 0.29) is 17.6 Å². The Morgan fingerprint density at radius 2 is 1.54 bits per heavy atom. The second kappa shape index (κ2) is 10.7. The van der Waals surface area contributed by atoms with E-state index in [9.17, 15) is 19.8 Å². The third-order valence-electron chi connectivity index (χ3n) is 4.48. The number of ether oxygens (including phenoxy) is 2. The van der Waals surface area contributed by atoms with Crippen LogP contribution < -0.4 is 10.9 Å². The van der Waals surface area contributed by atoms with Crippen LogP contribution in [0.4, 0.5) is 0 Å². The van der Waals surface area contributed by atoms with Gasteiger partial charge in [-0.05, 0) is 18.8 Å². The van der Waals surface area contributed by atoms with E-state index in [1.165, 1.54) is 12.3 Å². The van der Waals surface area contributed by atoms with E-state index in [2.05, 4.69) is 0 Å². The van der Waals surface area contributed by atoms with Gasteiger partial charge in [-0.15, -0.1) is 0 Å². The van der Waals surface area contributed by atoms with Gasteiger partial charge in [0.05, 0.1) is 19.5 Å². The molecule has 0 saturated carbocycles. The summed E-state index contributed by atoms with van der Waals surface area (Å²) >= 11 is 0. The first-order chi connectivity index (χ1) is 13.4. The Morgan fingerprint density at radius 3 is 2.18 bits per heavy atom. The first-order valence-electron chi connectivity index (χ1n) is 9.16. The van der Waals surface area contributed by atoms with Gasteiger partial charge in [0.1, 0.15) is 18.3 Å². The fourth-order valence-electron chi connectivity index (χ4n) is 2.58. The van der Waals surface area contributed by atoms with Crippen LogP contribution in [0, 0.1) is 0 Å². The summed E-state index contributed by atoms with van der Waals surface area (Å²) in [5.41, 5.74) is -0.449. The Balaban J connectivity index is 1.58. The van der Waals surface area contributed by atoms with Crippen LogP contribution in [-0.4, -0.2) is 36.6 Å². The van der Waals surface area contributed by atoms with Crippen molar-refractivity contribution in [2.24, 2.45) is 0 Å². The third-order valence-corrected chi connectivity index (χ3v) is 4.48. The summed E-state index contributed by atoms with van der Waals surface area (Å²) < 4.78 is 21.2. The summed E-state index contributed by atoms with van der Waals surface area (Å²) in [6, 6.07) is 1.29. The summed E-state index contributed by atoms with van der Waals surface area (Å²) in [7, 11) is 0. The molecule has 0 aliphatic rings. The van der Waals surface area contributed by atoms with Crippen LogP contribution in [0.5, 0.6) is 11.5 Å². The van der Waals surface area contributed by atoms with Gasteiger partial charge >= 0.3 is 0 Å². The lowest BCUT2D eigenvalue weighted by Crippen LogP contribution is -2.13. The molecule has 154 valence electrons. The van der Waals surface area contributed by atoms with Crippen LogP contribution in [0.2, 0.25) is 0 Å². The number of aromatic hydroxyl groups is 2. The Morgan fingerprint density at radius 1 is 0.893 bits per heavy atom. The van der Waals surface area contributed by atoms with E-state index >= 15 is 0 Å². The molecule has 0 amide bonds. The summed E-state index contributed by atoms with van der Waals surface area (Å²) in [5, 5.41) is 18.6. The largest absolute Gasteiger partial charge is 0.502 e. The van der Waals surface area contributed by atoms with Crippen molar-refractivity contribution in [1.82, 2.24) is 0 Å². The van der Waals surface area contributed by atoms with Crippen LogP contribution >= 0.6 is 0 Å². The molecule has 28 heavy (non-hydrogen) atoms. The monoisotopic (exact) mass is 394 g/mol. The van der Waals surface area contributed by atoms with Crippen molar-refractivity contribution in [1.29, 1.82) is 0 Å². The highest BCUT2D eigenvalue weighted by molar-refractivity contribution is 5.23. The predicted molar refractivity (Wildman–Crippen MR) is 101 cm³/mol. The zero-order chi connectivity index (χ0) is 20.5. The predicted octanol–water partition coefficient (Wildman–Crippen LogP) is 2.72. The van der Waals surface area contributed by atoms with Crippen molar-refractivity contribution >= 4 is 0 Å². The molecule has 0 aliphatic heterocycles. The lowest BCUT2D eigenvalue weighted by Gasteiger charge is -2.12. The molecule has 0 aliphatic carbocycles. The van der Waals surface area contributed by atoms with E-state index in [1.807, 2.05) is 13.8 Å². The number of hydrogen-bond donors (Lipinski definition) is 2. The van der Waals surface area contributed by atoms with Crippen molar-refractivity contribution in [3.63, 3.8) is 0 Å². The minimum atomic E-state index is -0.458. The molecule has 2 aromatic heterocycles. The summed E-state index contributed by atoms with van der Waals surface area (Å²) in [5.74, 6) is -0.384. The van der Waals surface area contributed by atoms with Crippen molar-refractivity contribution in [2.75, 3.05) is 26.4 Å². The molecule has 0 spiro atoms. The maximum atomic E-state index is 11.8. The van der Waals surface area contributed by atoms with E-state index in [0.29, 0.717) is 50.6 Å². The van der Waals surface area contributed by atoms with Gasteiger partial charge < -0.3 is 28.5 Å². The first-order valence-corrected chi connectivity index (χ1v) is 9.16. The fraction of sp³-hybridized carbons (Fsp3) is 0.500. The zero-order valence-corrected chi connectivity index (χ0v) is 16.1. The molecule has 0 bridgehead atoms. The van der Waals surface area contributed by atoms with Gasteiger partial charge in [0.2, 0.25) is 10.9 Å². The molecule has 0 fully saturated rings. The molecular weight excluding hydrogens is 368 g/mol. The van der Waals surface area contributed by atoms with Gasteiger partial charge in [-0.1, -0.05) is 13.8 Å². The Labute approximate surface area is 162 Å². The molecule has 8 nitrogen and oxygen atoms in total. The normalized spacial score (nSPS) is 13.4. The average molecular weight is 394 g/mol. The number of rotatable bonds is 11. The van der Waals surface area contributed by atoms with Gasteiger partial charge in [0, 0.05) is 30.8 Å². The highest BCUT2D eigenvalue weighted by Gasteiger charge is 2.13. The quantitative estimate of drug-likeness (QED) is 0.558. The molecule has 0 radical (unpaired) electrons. The highest BCUT2D eigenvalue weighted by atomic mass is 16.5. The fourth-order valence-corrected chi connectivity index (χ4v) is 2.58. The lowest BCUT2D eigenvalue weighted by atomic mass is 10.00. The molecule has 2 rings (SSSR count). The third kappa shape index (κ3) is 6.24. The standard InChI is InChI=1S/C20H26O8/c1-13(15-10-27-11-18(23)20(15)24)3-5-25-7-8-26-6-4-14(2)19-9-16(21)17(22)12-28-19/h9-14,22-23H,3-8H2,1-2H3. The van der Waals surface area contributed by atoms with Crippen LogP contribution in [0.1, 0.15) is 49.8 Å². The highest BCUT2D eigenvalue weighted by Crippen LogP contribution is 2.19. The summed E-state index contributed by atoms with van der Waals surface area (Å²) in [4.78, 5) is 23.2.